The zero-order valence-electron chi connectivity index (χ0n) is 19.8. The standard InChI is InChI=1S/C28H24ClN4O4/c29-19-9-5-17(6-10-19)13-14-31-16-25(34)32-24(28(31)35)15-22-21-3-1-2-4-23(21)30-26(22)27(32)18-7-11-20(12-8-18)33(36)37/h1-12,24,27,30,36H,13-16H2/q-1/t24-,27?/m0/s1. The van der Waals surface area contributed by atoms with Gasteiger partial charge in [0.1, 0.15) is 6.04 Å². The average Bonchev–Trinajstić information content (AvgIpc) is 3.28. The molecule has 1 fully saturated rings. The molecule has 0 saturated carbocycles. The molecule has 2 aliphatic rings. The lowest BCUT2D eigenvalue weighted by Crippen LogP contribution is -2.63. The van der Waals surface area contributed by atoms with Crippen LogP contribution in [0.5, 0.6) is 0 Å². The Morgan fingerprint density at radius 1 is 1.03 bits per heavy atom. The summed E-state index contributed by atoms with van der Waals surface area (Å²) in [6, 6.07) is 20.7. The van der Waals surface area contributed by atoms with Gasteiger partial charge in [0, 0.05) is 34.6 Å². The van der Waals surface area contributed by atoms with E-state index in [0.29, 0.717) is 24.4 Å². The highest BCUT2D eigenvalue weighted by Gasteiger charge is 2.48. The monoisotopic (exact) mass is 515 g/mol. The number of hydrogen-bond donors (Lipinski definition) is 2. The van der Waals surface area contributed by atoms with Crippen LogP contribution >= 0.6 is 11.6 Å². The van der Waals surface area contributed by atoms with Gasteiger partial charge in [-0.25, -0.2) is 0 Å². The highest BCUT2D eigenvalue weighted by atomic mass is 35.5. The number of amides is 2. The van der Waals surface area contributed by atoms with Crippen molar-refractivity contribution in [2.75, 3.05) is 18.3 Å². The molecular weight excluding hydrogens is 492 g/mol. The summed E-state index contributed by atoms with van der Waals surface area (Å²) in [5, 5.41) is 22.1. The topological polar surface area (TPSA) is 103 Å². The number of carbonyl (C=O) groups is 2. The molecule has 1 unspecified atom stereocenters. The summed E-state index contributed by atoms with van der Waals surface area (Å²) in [4.78, 5) is 34.2. The Balaban J connectivity index is 1.37. The first kappa shape index (κ1) is 23.5. The number of aromatic amines is 1. The summed E-state index contributed by atoms with van der Waals surface area (Å²) in [7, 11) is 0. The van der Waals surface area contributed by atoms with E-state index in [0.717, 1.165) is 33.3 Å². The number of benzene rings is 3. The van der Waals surface area contributed by atoms with Gasteiger partial charge in [-0.1, -0.05) is 54.1 Å². The molecular formula is C28H24ClN4O4-. The first-order valence-corrected chi connectivity index (χ1v) is 12.5. The van der Waals surface area contributed by atoms with Gasteiger partial charge in [-0.15, -0.1) is 0 Å². The summed E-state index contributed by atoms with van der Waals surface area (Å²) in [6.45, 7) is 0.435. The molecule has 37 heavy (non-hydrogen) atoms. The highest BCUT2D eigenvalue weighted by molar-refractivity contribution is 6.30. The average molecular weight is 516 g/mol. The number of halogens is 1. The number of aromatic nitrogens is 1. The van der Waals surface area contributed by atoms with Gasteiger partial charge in [-0.05, 0) is 53.4 Å². The van der Waals surface area contributed by atoms with E-state index >= 15 is 0 Å². The van der Waals surface area contributed by atoms with Gasteiger partial charge in [0.15, 0.2) is 0 Å². The smallest absolute Gasteiger partial charge is 0.246 e. The number of fused-ring (bicyclic) bond motifs is 4. The van der Waals surface area contributed by atoms with Gasteiger partial charge in [0.25, 0.3) is 0 Å². The molecule has 188 valence electrons. The molecule has 1 saturated heterocycles. The van der Waals surface area contributed by atoms with Crippen molar-refractivity contribution in [1.82, 2.24) is 14.8 Å². The van der Waals surface area contributed by atoms with Crippen LogP contribution in [0, 0.1) is 5.21 Å². The summed E-state index contributed by atoms with van der Waals surface area (Å²) >= 11 is 5.99. The van der Waals surface area contributed by atoms with E-state index < -0.39 is 12.1 Å². The molecule has 6 rings (SSSR count). The highest BCUT2D eigenvalue weighted by Crippen LogP contribution is 2.42. The normalized spacial score (nSPS) is 19.2. The molecule has 1 aromatic heterocycles. The lowest BCUT2D eigenvalue weighted by atomic mass is 9.86. The van der Waals surface area contributed by atoms with E-state index in [9.17, 15) is 20.0 Å². The van der Waals surface area contributed by atoms with E-state index in [1.807, 2.05) is 48.5 Å². The quantitative estimate of drug-likeness (QED) is 0.382. The summed E-state index contributed by atoms with van der Waals surface area (Å²) in [5.74, 6) is -0.209. The van der Waals surface area contributed by atoms with Crippen molar-refractivity contribution in [2.24, 2.45) is 0 Å². The Labute approximate surface area is 218 Å². The zero-order chi connectivity index (χ0) is 25.7. The van der Waals surface area contributed by atoms with Crippen LogP contribution in [0.1, 0.15) is 28.4 Å². The van der Waals surface area contributed by atoms with Crippen LogP contribution in [-0.2, 0) is 22.4 Å². The number of carbonyl (C=O) groups excluding carboxylic acids is 2. The van der Waals surface area contributed by atoms with Crippen LogP contribution in [0.4, 0.5) is 5.69 Å². The molecule has 2 N–H and O–H groups in total. The van der Waals surface area contributed by atoms with Gasteiger partial charge in [-0.3, -0.25) is 14.8 Å². The molecule has 2 aliphatic heterocycles. The van der Waals surface area contributed by atoms with Gasteiger partial charge < -0.3 is 25.2 Å². The summed E-state index contributed by atoms with van der Waals surface area (Å²) in [5.41, 5.74) is 4.70. The van der Waals surface area contributed by atoms with E-state index in [4.69, 9.17) is 11.6 Å². The molecule has 3 aromatic carbocycles. The molecule has 0 bridgehead atoms. The molecule has 0 spiro atoms. The fourth-order valence-corrected chi connectivity index (χ4v) is 5.68. The Morgan fingerprint density at radius 3 is 2.49 bits per heavy atom. The second-order valence-electron chi connectivity index (χ2n) is 9.49. The van der Waals surface area contributed by atoms with Crippen molar-refractivity contribution in [3.63, 3.8) is 0 Å². The third kappa shape index (κ3) is 4.13. The summed E-state index contributed by atoms with van der Waals surface area (Å²) < 4.78 is 0. The summed E-state index contributed by atoms with van der Waals surface area (Å²) in [6.07, 6.45) is 1.04. The number of rotatable bonds is 5. The van der Waals surface area contributed by atoms with Crippen LogP contribution in [0.25, 0.3) is 10.9 Å². The van der Waals surface area contributed by atoms with Gasteiger partial charge in [0.2, 0.25) is 11.8 Å². The largest absolute Gasteiger partial charge is 0.733 e. The Bertz CT molecular complexity index is 1480. The van der Waals surface area contributed by atoms with Crippen LogP contribution in [0.15, 0.2) is 72.8 Å². The van der Waals surface area contributed by atoms with Crippen molar-refractivity contribution in [3.8, 4) is 0 Å². The first-order valence-electron chi connectivity index (χ1n) is 12.1. The minimum Gasteiger partial charge on any atom is -0.733 e. The van der Waals surface area contributed by atoms with Crippen molar-refractivity contribution in [1.29, 1.82) is 0 Å². The Hall–Kier alpha value is -3.85. The lowest BCUT2D eigenvalue weighted by Gasteiger charge is -2.47. The maximum atomic E-state index is 13.8. The Morgan fingerprint density at radius 2 is 1.76 bits per heavy atom. The predicted octanol–water partition coefficient (Wildman–Crippen LogP) is 4.44. The lowest BCUT2D eigenvalue weighted by molar-refractivity contribution is -0.158. The molecule has 8 nitrogen and oxygen atoms in total. The second-order valence-corrected chi connectivity index (χ2v) is 9.92. The molecule has 2 amide bonds. The first-order chi connectivity index (χ1) is 17.9. The number of nitrogens with zero attached hydrogens (tertiary/aromatic N) is 3. The van der Waals surface area contributed by atoms with Gasteiger partial charge in [0.05, 0.1) is 18.3 Å². The third-order valence-electron chi connectivity index (χ3n) is 7.36. The molecule has 0 aliphatic carbocycles. The SMILES string of the molecule is O=C1[C@@H]2Cc3c([nH]c4ccccc34)C(c3ccc(N([O-])O)cc3)N2C(=O)CN1CCc1ccc(Cl)cc1. The number of H-pyrrole nitrogens is 1. The number of para-hydroxylation sites is 1. The maximum Gasteiger partial charge on any atom is 0.246 e. The molecule has 2 atom stereocenters. The predicted molar refractivity (Wildman–Crippen MR) is 140 cm³/mol. The van der Waals surface area contributed by atoms with Crippen molar-refractivity contribution >= 4 is 40.0 Å². The number of piperazine rings is 1. The number of hydrogen-bond acceptors (Lipinski definition) is 5. The fraction of sp³-hybridized carbons (Fsp3) is 0.214. The molecule has 3 heterocycles. The van der Waals surface area contributed by atoms with Crippen molar-refractivity contribution in [2.45, 2.75) is 24.9 Å². The minimum atomic E-state index is -0.642. The second kappa shape index (κ2) is 9.23. The number of nitrogens with one attached hydrogen (secondary N) is 1. The van der Waals surface area contributed by atoms with Gasteiger partial charge in [-0.2, -0.15) is 0 Å². The van der Waals surface area contributed by atoms with E-state index in [2.05, 4.69) is 4.98 Å². The fourth-order valence-electron chi connectivity index (χ4n) is 5.56. The van der Waals surface area contributed by atoms with E-state index in [-0.39, 0.29) is 29.3 Å². The third-order valence-corrected chi connectivity index (χ3v) is 7.61. The van der Waals surface area contributed by atoms with Crippen LogP contribution in [0.2, 0.25) is 5.02 Å². The molecule has 0 radical (unpaired) electrons. The van der Waals surface area contributed by atoms with E-state index in [1.54, 1.807) is 21.9 Å². The van der Waals surface area contributed by atoms with Gasteiger partial charge >= 0.3 is 0 Å². The van der Waals surface area contributed by atoms with Crippen LogP contribution in [0.3, 0.4) is 0 Å². The van der Waals surface area contributed by atoms with Crippen LogP contribution in [-0.4, -0.2) is 50.9 Å². The minimum absolute atomic E-state index is 0.00194. The van der Waals surface area contributed by atoms with Crippen molar-refractivity contribution < 1.29 is 14.8 Å². The Kier molecular flexibility index (Phi) is 5.87. The molecule has 4 aromatic rings. The maximum absolute atomic E-state index is 13.8. The van der Waals surface area contributed by atoms with E-state index in [1.165, 1.54) is 12.1 Å². The number of anilines is 1. The van der Waals surface area contributed by atoms with Crippen molar-refractivity contribution in [3.05, 3.63) is 105 Å². The molecule has 9 heteroatoms. The zero-order valence-corrected chi connectivity index (χ0v) is 20.6. The van der Waals surface area contributed by atoms with Crippen LogP contribution < -0.4 is 5.23 Å².